The van der Waals surface area contributed by atoms with Gasteiger partial charge in [-0.3, -0.25) is 0 Å². The van der Waals surface area contributed by atoms with Crippen LogP contribution in [0, 0.1) is 0 Å². The number of rotatable bonds is 8. The topological polar surface area (TPSA) is 12.0 Å². The zero-order valence-corrected chi connectivity index (χ0v) is 10.9. The molecule has 0 atom stereocenters. The summed E-state index contributed by atoms with van der Waals surface area (Å²) in [6, 6.07) is 6.51. The second-order valence-electron chi connectivity index (χ2n) is 3.77. The van der Waals surface area contributed by atoms with Gasteiger partial charge in [-0.15, -0.1) is 0 Å². The molecule has 0 aliphatic heterocycles. The van der Waals surface area contributed by atoms with Gasteiger partial charge in [0.05, 0.1) is 0 Å². The maximum absolute atomic E-state index is 12.3. The highest BCUT2D eigenvalue weighted by molar-refractivity contribution is 7.99. The predicted octanol–water partition coefficient (Wildman–Crippen LogP) is 3.86. The van der Waals surface area contributed by atoms with Crippen LogP contribution in [-0.2, 0) is 6.54 Å². The lowest BCUT2D eigenvalue weighted by atomic mass is 10.1. The van der Waals surface area contributed by atoms with Crippen molar-refractivity contribution in [3.05, 3.63) is 35.4 Å². The van der Waals surface area contributed by atoms with Crippen molar-refractivity contribution in [3.8, 4) is 0 Å². The molecule has 1 nitrogen and oxygen atoms in total. The molecule has 0 aliphatic rings. The third-order valence-corrected chi connectivity index (χ3v) is 3.39. The van der Waals surface area contributed by atoms with Crippen LogP contribution >= 0.6 is 11.8 Å². The zero-order chi connectivity index (χ0) is 12.5. The third-order valence-electron chi connectivity index (χ3n) is 2.41. The Morgan fingerprint density at radius 2 is 1.94 bits per heavy atom. The van der Waals surface area contributed by atoms with Crippen LogP contribution in [0.1, 0.15) is 30.9 Å². The Kier molecular flexibility index (Phi) is 7.21. The first-order chi connectivity index (χ1) is 8.24. The molecule has 0 amide bonds. The third kappa shape index (κ3) is 6.03. The van der Waals surface area contributed by atoms with Crippen molar-refractivity contribution in [2.24, 2.45) is 0 Å². The Morgan fingerprint density at radius 3 is 2.53 bits per heavy atom. The fourth-order valence-electron chi connectivity index (χ4n) is 1.46. The monoisotopic (exact) mass is 259 g/mol. The van der Waals surface area contributed by atoms with E-state index in [1.165, 1.54) is 17.9 Å². The second kappa shape index (κ2) is 8.48. The largest absolute Gasteiger partial charge is 0.313 e. The number of halogens is 2. The lowest BCUT2D eigenvalue weighted by Gasteiger charge is -2.05. The minimum Gasteiger partial charge on any atom is -0.313 e. The summed E-state index contributed by atoms with van der Waals surface area (Å²) >= 11 is 1.94. The zero-order valence-electron chi connectivity index (χ0n) is 10.1. The van der Waals surface area contributed by atoms with E-state index >= 15 is 0 Å². The highest BCUT2D eigenvalue weighted by Crippen LogP contribution is 2.18. The molecular weight excluding hydrogens is 240 g/mol. The maximum atomic E-state index is 12.3. The van der Waals surface area contributed by atoms with Gasteiger partial charge in [-0.25, -0.2) is 8.78 Å². The van der Waals surface area contributed by atoms with Crippen molar-refractivity contribution in [1.82, 2.24) is 5.32 Å². The molecule has 0 saturated carbocycles. The maximum Gasteiger partial charge on any atom is 0.263 e. The number of hydrogen-bond acceptors (Lipinski definition) is 2. The van der Waals surface area contributed by atoms with Crippen LogP contribution in [0.2, 0.25) is 0 Å². The van der Waals surface area contributed by atoms with Gasteiger partial charge in [0.15, 0.2) is 0 Å². The number of thioether (sulfide) groups is 1. The van der Waals surface area contributed by atoms with E-state index in [1.807, 2.05) is 11.8 Å². The Labute approximate surface area is 106 Å². The highest BCUT2D eigenvalue weighted by atomic mass is 32.2. The number of hydrogen-bond donors (Lipinski definition) is 1. The summed E-state index contributed by atoms with van der Waals surface area (Å²) in [4.78, 5) is 0. The lowest BCUT2D eigenvalue weighted by molar-refractivity contribution is 0.151. The molecule has 17 heavy (non-hydrogen) atoms. The van der Waals surface area contributed by atoms with Gasteiger partial charge in [-0.2, -0.15) is 11.8 Å². The molecule has 0 fully saturated rings. The summed E-state index contributed by atoms with van der Waals surface area (Å²) in [7, 11) is 0. The van der Waals surface area contributed by atoms with E-state index in [4.69, 9.17) is 0 Å². The molecule has 1 rings (SSSR count). The van der Waals surface area contributed by atoms with E-state index < -0.39 is 6.43 Å². The van der Waals surface area contributed by atoms with Crippen LogP contribution in [0.4, 0.5) is 8.78 Å². The lowest BCUT2D eigenvalue weighted by Crippen LogP contribution is -2.15. The van der Waals surface area contributed by atoms with Crippen molar-refractivity contribution in [1.29, 1.82) is 0 Å². The minimum atomic E-state index is -2.37. The van der Waals surface area contributed by atoms with Gasteiger partial charge in [0.25, 0.3) is 6.43 Å². The number of alkyl halides is 2. The smallest absolute Gasteiger partial charge is 0.263 e. The van der Waals surface area contributed by atoms with Crippen LogP contribution in [0.25, 0.3) is 0 Å². The minimum absolute atomic E-state index is 0.0908. The average Bonchev–Trinajstić information content (AvgIpc) is 2.34. The first-order valence-electron chi connectivity index (χ1n) is 5.89. The summed E-state index contributed by atoms with van der Waals surface area (Å²) in [5.41, 5.74) is 1.14. The van der Waals surface area contributed by atoms with Gasteiger partial charge in [0.2, 0.25) is 0 Å². The molecule has 0 heterocycles. The van der Waals surface area contributed by atoms with Crippen molar-refractivity contribution in [3.63, 3.8) is 0 Å². The van der Waals surface area contributed by atoms with E-state index in [2.05, 4.69) is 12.2 Å². The fraction of sp³-hybridized carbons (Fsp3) is 0.538. The Balaban J connectivity index is 2.19. The van der Waals surface area contributed by atoms with E-state index in [0.717, 1.165) is 30.8 Å². The number of benzene rings is 1. The van der Waals surface area contributed by atoms with Crippen LogP contribution in [-0.4, -0.2) is 18.1 Å². The molecule has 0 unspecified atom stereocenters. The summed E-state index contributed by atoms with van der Waals surface area (Å²) in [5, 5.41) is 3.31. The van der Waals surface area contributed by atoms with Crippen LogP contribution in [0.15, 0.2) is 24.3 Å². The predicted molar refractivity (Wildman–Crippen MR) is 70.7 cm³/mol. The molecule has 0 aromatic heterocycles. The van der Waals surface area contributed by atoms with Crippen molar-refractivity contribution >= 4 is 11.8 Å². The highest BCUT2D eigenvalue weighted by Gasteiger charge is 2.05. The molecule has 96 valence electrons. The normalized spacial score (nSPS) is 11.1. The summed E-state index contributed by atoms with van der Waals surface area (Å²) in [5.74, 6) is 2.34. The van der Waals surface area contributed by atoms with Crippen LogP contribution in [0.5, 0.6) is 0 Å². The molecule has 0 spiro atoms. The summed E-state index contributed by atoms with van der Waals surface area (Å²) in [6.07, 6.45) is -1.23. The Hall–Kier alpha value is -0.610. The standard InChI is InChI=1S/C13H19F2NS/c1-2-17-9-3-8-16-10-11-4-6-12(7-5-11)13(14)15/h4-7,13,16H,2-3,8-10H2,1H3. The van der Waals surface area contributed by atoms with Gasteiger partial charge in [0.1, 0.15) is 0 Å². The quantitative estimate of drug-likeness (QED) is 0.712. The summed E-state index contributed by atoms with van der Waals surface area (Å²) in [6.45, 7) is 3.88. The molecule has 1 aromatic carbocycles. The first kappa shape index (κ1) is 14.5. The van der Waals surface area contributed by atoms with Crippen LogP contribution < -0.4 is 5.32 Å². The molecular formula is C13H19F2NS. The van der Waals surface area contributed by atoms with Crippen molar-refractivity contribution in [2.45, 2.75) is 26.3 Å². The summed E-state index contributed by atoms with van der Waals surface area (Å²) < 4.78 is 24.6. The SMILES string of the molecule is CCSCCCNCc1ccc(C(F)F)cc1. The van der Waals surface area contributed by atoms with Gasteiger partial charge in [-0.05, 0) is 30.0 Å². The first-order valence-corrected chi connectivity index (χ1v) is 7.05. The second-order valence-corrected chi connectivity index (χ2v) is 5.16. The molecule has 1 aromatic rings. The molecule has 0 bridgehead atoms. The van der Waals surface area contributed by atoms with Gasteiger partial charge in [0, 0.05) is 12.1 Å². The van der Waals surface area contributed by atoms with Gasteiger partial charge < -0.3 is 5.32 Å². The molecule has 1 N–H and O–H groups in total. The Bertz CT molecular complexity index is 301. The van der Waals surface area contributed by atoms with Crippen LogP contribution in [0.3, 0.4) is 0 Å². The van der Waals surface area contributed by atoms with Gasteiger partial charge in [-0.1, -0.05) is 31.2 Å². The molecule has 0 saturated heterocycles. The molecule has 0 aliphatic carbocycles. The van der Waals surface area contributed by atoms with Crippen molar-refractivity contribution in [2.75, 3.05) is 18.1 Å². The average molecular weight is 259 g/mol. The molecule has 4 heteroatoms. The van der Waals surface area contributed by atoms with Gasteiger partial charge >= 0.3 is 0 Å². The number of nitrogens with one attached hydrogen (secondary N) is 1. The molecule has 0 radical (unpaired) electrons. The Morgan fingerprint density at radius 1 is 1.24 bits per heavy atom. The van der Waals surface area contributed by atoms with E-state index in [1.54, 1.807) is 12.1 Å². The van der Waals surface area contributed by atoms with E-state index in [0.29, 0.717) is 0 Å². The van der Waals surface area contributed by atoms with Crippen molar-refractivity contribution < 1.29 is 8.78 Å². The van der Waals surface area contributed by atoms with E-state index in [9.17, 15) is 8.78 Å². The van der Waals surface area contributed by atoms with E-state index in [-0.39, 0.29) is 5.56 Å². The fourth-order valence-corrected chi connectivity index (χ4v) is 2.09.